The molecular weight excluding hydrogens is 679 g/mol. The highest BCUT2D eigenvalue weighted by atomic mass is 16.3. The smallest absolute Gasteiger partial charge is 0.159 e. The van der Waals surface area contributed by atoms with Gasteiger partial charge in [0.1, 0.15) is 5.58 Å². The molecule has 0 amide bonds. The van der Waals surface area contributed by atoms with Gasteiger partial charge in [-0.05, 0) is 102 Å². The number of hydrogen-bond donors (Lipinski definition) is 0. The van der Waals surface area contributed by atoms with Gasteiger partial charge in [-0.3, -0.25) is 0 Å². The molecule has 11 rings (SSSR count). The van der Waals surface area contributed by atoms with E-state index in [1.807, 2.05) is 6.07 Å². The monoisotopic (exact) mass is 713 g/mol. The zero-order valence-electron chi connectivity index (χ0n) is 30.6. The Labute approximate surface area is 325 Å². The Hall–Kier alpha value is -7.42. The van der Waals surface area contributed by atoms with E-state index in [-0.39, 0.29) is 0 Å². The number of anilines is 3. The summed E-state index contributed by atoms with van der Waals surface area (Å²) in [5.74, 6) is 0. The summed E-state index contributed by atoms with van der Waals surface area (Å²) in [6.07, 6.45) is 0. The van der Waals surface area contributed by atoms with Gasteiger partial charge >= 0.3 is 0 Å². The van der Waals surface area contributed by atoms with Crippen molar-refractivity contribution in [2.45, 2.75) is 0 Å². The van der Waals surface area contributed by atoms with Crippen LogP contribution in [0.15, 0.2) is 217 Å². The second-order valence-corrected chi connectivity index (χ2v) is 14.4. The molecule has 0 bridgehead atoms. The summed E-state index contributed by atoms with van der Waals surface area (Å²) in [6.45, 7) is 0. The lowest BCUT2D eigenvalue weighted by atomic mass is 9.85. The average Bonchev–Trinajstić information content (AvgIpc) is 3.66. The summed E-state index contributed by atoms with van der Waals surface area (Å²) in [5, 5.41) is 9.66. The first kappa shape index (κ1) is 32.0. The Kier molecular flexibility index (Phi) is 7.53. The van der Waals surface area contributed by atoms with Crippen LogP contribution in [0.2, 0.25) is 0 Å². The summed E-state index contributed by atoms with van der Waals surface area (Å²) in [7, 11) is 0. The normalized spacial score (nSPS) is 11.6. The molecule has 1 aromatic heterocycles. The van der Waals surface area contributed by atoms with E-state index in [4.69, 9.17) is 4.42 Å². The molecule has 0 saturated heterocycles. The van der Waals surface area contributed by atoms with E-state index in [9.17, 15) is 0 Å². The molecule has 262 valence electrons. The van der Waals surface area contributed by atoms with Gasteiger partial charge in [-0.25, -0.2) is 0 Å². The molecule has 0 fully saturated rings. The quantitative estimate of drug-likeness (QED) is 0.160. The molecule has 0 atom stereocenters. The molecule has 1 heterocycles. The van der Waals surface area contributed by atoms with Crippen LogP contribution in [-0.2, 0) is 0 Å². The fourth-order valence-corrected chi connectivity index (χ4v) is 8.75. The van der Waals surface area contributed by atoms with E-state index in [1.165, 1.54) is 60.1 Å². The Morgan fingerprint density at radius 1 is 0.321 bits per heavy atom. The molecule has 0 unspecified atom stereocenters. The molecule has 0 aliphatic rings. The Morgan fingerprint density at radius 3 is 1.64 bits per heavy atom. The van der Waals surface area contributed by atoms with Gasteiger partial charge in [-0.1, -0.05) is 176 Å². The van der Waals surface area contributed by atoms with Crippen LogP contribution in [-0.4, -0.2) is 0 Å². The second kappa shape index (κ2) is 13.2. The first-order valence-electron chi connectivity index (χ1n) is 19.2. The van der Waals surface area contributed by atoms with Crippen molar-refractivity contribution in [2.75, 3.05) is 4.90 Å². The topological polar surface area (TPSA) is 16.4 Å². The minimum Gasteiger partial charge on any atom is -0.454 e. The van der Waals surface area contributed by atoms with Crippen molar-refractivity contribution >= 4 is 71.3 Å². The number of furan rings is 1. The predicted octanol–water partition coefficient (Wildman–Crippen LogP) is 15.5. The molecule has 0 saturated carbocycles. The van der Waals surface area contributed by atoms with Crippen molar-refractivity contribution in [3.8, 4) is 33.4 Å². The SMILES string of the molecule is c1ccc(-c2c(-c3cccc(N(c4ccc(-c5cccc6ccccc56)cc4)c4cccc5c4oc4ccccc45)c3)c3ccccc3c3ccccc23)cc1. The molecule has 0 radical (unpaired) electrons. The highest BCUT2D eigenvalue weighted by Gasteiger charge is 2.22. The first-order chi connectivity index (χ1) is 27.8. The van der Waals surface area contributed by atoms with E-state index in [0.717, 1.165) is 44.6 Å². The maximum absolute atomic E-state index is 6.70. The highest BCUT2D eigenvalue weighted by molar-refractivity contribution is 6.21. The Bertz CT molecular complexity index is 3240. The zero-order valence-corrected chi connectivity index (χ0v) is 30.6. The third-order valence-corrected chi connectivity index (χ3v) is 11.2. The molecule has 0 aliphatic heterocycles. The molecule has 11 aromatic rings. The van der Waals surface area contributed by atoms with Crippen LogP contribution in [0.4, 0.5) is 17.1 Å². The zero-order chi connectivity index (χ0) is 37.0. The van der Waals surface area contributed by atoms with Crippen molar-refractivity contribution < 1.29 is 4.42 Å². The average molecular weight is 714 g/mol. The number of rotatable bonds is 6. The number of fused-ring (bicyclic) bond motifs is 7. The minimum atomic E-state index is 0.860. The summed E-state index contributed by atoms with van der Waals surface area (Å²) < 4.78 is 6.70. The lowest BCUT2D eigenvalue weighted by Gasteiger charge is -2.27. The molecule has 2 nitrogen and oxygen atoms in total. The number of hydrogen-bond acceptors (Lipinski definition) is 2. The highest BCUT2D eigenvalue weighted by Crippen LogP contribution is 2.47. The number of para-hydroxylation sites is 2. The van der Waals surface area contributed by atoms with Crippen LogP contribution in [0.25, 0.3) is 87.6 Å². The second-order valence-electron chi connectivity index (χ2n) is 14.4. The molecule has 0 spiro atoms. The van der Waals surface area contributed by atoms with Gasteiger partial charge in [-0.2, -0.15) is 0 Å². The third-order valence-electron chi connectivity index (χ3n) is 11.2. The van der Waals surface area contributed by atoms with Gasteiger partial charge in [0.05, 0.1) is 5.69 Å². The lowest BCUT2D eigenvalue weighted by Crippen LogP contribution is -2.10. The standard InChI is InChI=1S/C54H35NO/c1-2-16-38(17-3-1)52-47-25-8-6-22-44(47)45-23-7-9-26-48(45)53(52)39-19-12-20-41(35-39)55(50-29-14-28-49-46-24-10-11-30-51(46)56-54(49)50)40-33-31-37(32-34-40)43-27-13-18-36-15-4-5-21-42(36)43/h1-35H. The van der Waals surface area contributed by atoms with Crippen LogP contribution in [0.5, 0.6) is 0 Å². The number of benzene rings is 10. The number of nitrogens with zero attached hydrogens (tertiary/aromatic N) is 1. The Morgan fingerprint density at radius 2 is 0.875 bits per heavy atom. The van der Waals surface area contributed by atoms with E-state index >= 15 is 0 Å². The Balaban J connectivity index is 1.16. The lowest BCUT2D eigenvalue weighted by molar-refractivity contribution is 0.669. The van der Waals surface area contributed by atoms with Crippen LogP contribution >= 0.6 is 0 Å². The van der Waals surface area contributed by atoms with Crippen LogP contribution < -0.4 is 4.90 Å². The van der Waals surface area contributed by atoms with E-state index < -0.39 is 0 Å². The molecule has 56 heavy (non-hydrogen) atoms. The van der Waals surface area contributed by atoms with Crippen LogP contribution in [0.3, 0.4) is 0 Å². The van der Waals surface area contributed by atoms with Gasteiger partial charge in [0.25, 0.3) is 0 Å². The van der Waals surface area contributed by atoms with E-state index in [2.05, 4.69) is 211 Å². The first-order valence-corrected chi connectivity index (χ1v) is 19.2. The van der Waals surface area contributed by atoms with Gasteiger partial charge < -0.3 is 9.32 Å². The largest absolute Gasteiger partial charge is 0.454 e. The fraction of sp³-hybridized carbons (Fsp3) is 0. The maximum atomic E-state index is 6.70. The summed E-state index contributed by atoms with van der Waals surface area (Å²) in [6, 6.07) is 76.4. The summed E-state index contributed by atoms with van der Waals surface area (Å²) >= 11 is 0. The van der Waals surface area contributed by atoms with Gasteiger partial charge in [0.2, 0.25) is 0 Å². The molecular formula is C54H35NO. The predicted molar refractivity (Wildman–Crippen MR) is 237 cm³/mol. The van der Waals surface area contributed by atoms with Crippen molar-refractivity contribution in [2.24, 2.45) is 0 Å². The molecule has 0 N–H and O–H groups in total. The van der Waals surface area contributed by atoms with Crippen LogP contribution in [0.1, 0.15) is 0 Å². The minimum absolute atomic E-state index is 0.860. The maximum Gasteiger partial charge on any atom is 0.159 e. The molecule has 0 aliphatic carbocycles. The van der Waals surface area contributed by atoms with Gasteiger partial charge in [-0.15, -0.1) is 0 Å². The van der Waals surface area contributed by atoms with Crippen molar-refractivity contribution in [1.29, 1.82) is 0 Å². The molecule has 10 aromatic carbocycles. The summed E-state index contributed by atoms with van der Waals surface area (Å²) in [4.78, 5) is 2.35. The van der Waals surface area contributed by atoms with E-state index in [0.29, 0.717) is 0 Å². The fourth-order valence-electron chi connectivity index (χ4n) is 8.75. The van der Waals surface area contributed by atoms with Crippen molar-refractivity contribution in [3.63, 3.8) is 0 Å². The third kappa shape index (κ3) is 5.19. The van der Waals surface area contributed by atoms with Gasteiger partial charge in [0.15, 0.2) is 5.58 Å². The molecule has 2 heteroatoms. The van der Waals surface area contributed by atoms with Crippen molar-refractivity contribution in [1.82, 2.24) is 0 Å². The van der Waals surface area contributed by atoms with E-state index in [1.54, 1.807) is 0 Å². The van der Waals surface area contributed by atoms with Crippen LogP contribution in [0, 0.1) is 0 Å². The summed E-state index contributed by atoms with van der Waals surface area (Å²) in [5.41, 5.74) is 12.0. The van der Waals surface area contributed by atoms with Gasteiger partial charge in [0, 0.05) is 22.1 Å². The van der Waals surface area contributed by atoms with Crippen molar-refractivity contribution in [3.05, 3.63) is 212 Å².